The average Bonchev–Trinajstić information content (AvgIpc) is 2.08. The summed E-state index contributed by atoms with van der Waals surface area (Å²) in [6.45, 7) is 3.84. The molecule has 4 heteroatoms. The third-order valence-electron chi connectivity index (χ3n) is 3.55. The first-order valence-corrected chi connectivity index (χ1v) is 5.52. The van der Waals surface area contributed by atoms with Crippen LogP contribution in [0.1, 0.15) is 46.0 Å². The minimum atomic E-state index is -4.16. The Kier molecular flexibility index (Phi) is 3.69. The molecule has 0 bridgehead atoms. The summed E-state index contributed by atoms with van der Waals surface area (Å²) < 4.78 is 36.3. The van der Waals surface area contributed by atoms with E-state index in [0.717, 1.165) is 12.8 Å². The van der Waals surface area contributed by atoms with E-state index >= 15 is 0 Å². The van der Waals surface area contributed by atoms with E-state index in [1.807, 2.05) is 13.8 Å². The molecule has 0 saturated heterocycles. The molecule has 90 valence electrons. The molecule has 0 aromatic heterocycles. The van der Waals surface area contributed by atoms with Gasteiger partial charge in [-0.2, -0.15) is 13.2 Å². The van der Waals surface area contributed by atoms with Gasteiger partial charge in [-0.15, -0.1) is 0 Å². The van der Waals surface area contributed by atoms with Crippen LogP contribution in [0.5, 0.6) is 0 Å². The Morgan fingerprint density at radius 1 is 1.27 bits per heavy atom. The van der Waals surface area contributed by atoms with E-state index in [2.05, 4.69) is 0 Å². The van der Waals surface area contributed by atoms with Crippen LogP contribution in [0.25, 0.3) is 0 Å². The highest BCUT2D eigenvalue weighted by Crippen LogP contribution is 2.41. The molecule has 0 spiro atoms. The van der Waals surface area contributed by atoms with Gasteiger partial charge in [0.15, 0.2) is 0 Å². The molecule has 0 radical (unpaired) electrons. The quantitative estimate of drug-likeness (QED) is 0.761. The summed E-state index contributed by atoms with van der Waals surface area (Å²) >= 11 is 0. The summed E-state index contributed by atoms with van der Waals surface area (Å²) in [4.78, 5) is 0. The Labute approximate surface area is 88.7 Å². The van der Waals surface area contributed by atoms with E-state index in [-0.39, 0.29) is 12.3 Å². The summed E-state index contributed by atoms with van der Waals surface area (Å²) in [7, 11) is 0. The summed E-state index contributed by atoms with van der Waals surface area (Å²) in [6.07, 6.45) is -2.84. The van der Waals surface area contributed by atoms with Crippen molar-refractivity contribution in [3.05, 3.63) is 0 Å². The van der Waals surface area contributed by atoms with Gasteiger partial charge in [0.1, 0.15) is 0 Å². The SMILES string of the molecule is CC1CCC(C)C(O)(CCC(F)(F)F)C1. The molecule has 0 amide bonds. The number of hydrogen-bond donors (Lipinski definition) is 1. The first-order valence-electron chi connectivity index (χ1n) is 5.52. The zero-order chi connectivity index (χ0) is 11.7. The maximum atomic E-state index is 12.1. The van der Waals surface area contributed by atoms with E-state index in [1.54, 1.807) is 0 Å². The summed E-state index contributed by atoms with van der Waals surface area (Å²) in [5.74, 6) is 0.315. The highest BCUT2D eigenvalue weighted by Gasteiger charge is 2.41. The van der Waals surface area contributed by atoms with E-state index in [0.29, 0.717) is 12.3 Å². The van der Waals surface area contributed by atoms with Crippen molar-refractivity contribution in [2.45, 2.75) is 57.7 Å². The summed E-state index contributed by atoms with van der Waals surface area (Å²) in [5.41, 5.74) is -1.10. The molecular weight excluding hydrogens is 205 g/mol. The van der Waals surface area contributed by atoms with Gasteiger partial charge in [-0.25, -0.2) is 0 Å². The van der Waals surface area contributed by atoms with Gasteiger partial charge < -0.3 is 5.11 Å². The van der Waals surface area contributed by atoms with Crippen molar-refractivity contribution in [3.63, 3.8) is 0 Å². The fourth-order valence-electron chi connectivity index (χ4n) is 2.42. The van der Waals surface area contributed by atoms with E-state index in [9.17, 15) is 18.3 Å². The van der Waals surface area contributed by atoms with Crippen LogP contribution in [-0.2, 0) is 0 Å². The number of aliphatic hydroxyl groups is 1. The molecule has 1 aliphatic carbocycles. The van der Waals surface area contributed by atoms with Crippen LogP contribution >= 0.6 is 0 Å². The lowest BCUT2D eigenvalue weighted by atomic mass is 9.70. The Balaban J connectivity index is 2.55. The Bertz CT molecular complexity index is 214. The minimum Gasteiger partial charge on any atom is -0.390 e. The predicted molar refractivity (Wildman–Crippen MR) is 52.4 cm³/mol. The molecule has 1 saturated carbocycles. The molecule has 1 N–H and O–H groups in total. The lowest BCUT2D eigenvalue weighted by molar-refractivity contribution is -0.156. The average molecular weight is 224 g/mol. The van der Waals surface area contributed by atoms with Crippen LogP contribution in [0.3, 0.4) is 0 Å². The fourth-order valence-corrected chi connectivity index (χ4v) is 2.42. The van der Waals surface area contributed by atoms with Crippen molar-refractivity contribution in [1.82, 2.24) is 0 Å². The molecule has 15 heavy (non-hydrogen) atoms. The van der Waals surface area contributed by atoms with Gasteiger partial charge in [-0.05, 0) is 31.1 Å². The first-order chi connectivity index (χ1) is 6.73. The molecule has 0 aliphatic heterocycles. The monoisotopic (exact) mass is 224 g/mol. The normalized spacial score (nSPS) is 38.0. The Morgan fingerprint density at radius 3 is 2.40 bits per heavy atom. The largest absolute Gasteiger partial charge is 0.390 e. The predicted octanol–water partition coefficient (Wildman–Crippen LogP) is 3.52. The lowest BCUT2D eigenvalue weighted by Crippen LogP contribution is -2.42. The molecule has 1 nitrogen and oxygen atoms in total. The molecular formula is C11H19F3O. The van der Waals surface area contributed by atoms with Gasteiger partial charge in [0.25, 0.3) is 0 Å². The van der Waals surface area contributed by atoms with Gasteiger partial charge in [0.05, 0.1) is 5.60 Å². The second kappa shape index (κ2) is 4.32. The lowest BCUT2D eigenvalue weighted by Gasteiger charge is -2.41. The standard InChI is InChI=1S/C11H19F3O/c1-8-3-4-9(2)10(15,7-8)5-6-11(12,13)14/h8-9,15H,3-7H2,1-2H3. The first kappa shape index (κ1) is 12.8. The highest BCUT2D eigenvalue weighted by atomic mass is 19.4. The van der Waals surface area contributed by atoms with Crippen molar-refractivity contribution in [2.24, 2.45) is 11.8 Å². The number of rotatable bonds is 2. The van der Waals surface area contributed by atoms with Crippen molar-refractivity contribution in [3.8, 4) is 0 Å². The van der Waals surface area contributed by atoms with Crippen LogP contribution in [-0.4, -0.2) is 16.9 Å². The van der Waals surface area contributed by atoms with Crippen molar-refractivity contribution < 1.29 is 18.3 Å². The molecule has 0 aromatic rings. The fraction of sp³-hybridized carbons (Fsp3) is 1.00. The maximum absolute atomic E-state index is 12.1. The molecule has 1 fully saturated rings. The van der Waals surface area contributed by atoms with E-state index < -0.39 is 18.2 Å². The van der Waals surface area contributed by atoms with E-state index in [1.165, 1.54) is 0 Å². The molecule has 3 atom stereocenters. The Morgan fingerprint density at radius 2 is 1.87 bits per heavy atom. The third kappa shape index (κ3) is 3.67. The minimum absolute atomic E-state index is 0.0175. The molecule has 0 aromatic carbocycles. The van der Waals surface area contributed by atoms with Gasteiger partial charge in [0, 0.05) is 6.42 Å². The van der Waals surface area contributed by atoms with Crippen LogP contribution in [0.2, 0.25) is 0 Å². The maximum Gasteiger partial charge on any atom is 0.389 e. The van der Waals surface area contributed by atoms with Crippen molar-refractivity contribution in [2.75, 3.05) is 0 Å². The molecule has 0 heterocycles. The topological polar surface area (TPSA) is 20.2 Å². The number of alkyl halides is 3. The van der Waals surface area contributed by atoms with Crippen LogP contribution in [0.15, 0.2) is 0 Å². The van der Waals surface area contributed by atoms with Gasteiger partial charge >= 0.3 is 6.18 Å². The summed E-state index contributed by atoms with van der Waals surface area (Å²) in [6, 6.07) is 0. The van der Waals surface area contributed by atoms with Crippen LogP contribution in [0, 0.1) is 11.8 Å². The second-order valence-corrected chi connectivity index (χ2v) is 5.01. The zero-order valence-electron chi connectivity index (χ0n) is 9.27. The Hall–Kier alpha value is -0.250. The van der Waals surface area contributed by atoms with Gasteiger partial charge in [-0.3, -0.25) is 0 Å². The van der Waals surface area contributed by atoms with Crippen molar-refractivity contribution >= 4 is 0 Å². The smallest absolute Gasteiger partial charge is 0.389 e. The van der Waals surface area contributed by atoms with Crippen molar-refractivity contribution in [1.29, 1.82) is 0 Å². The van der Waals surface area contributed by atoms with Crippen LogP contribution in [0.4, 0.5) is 13.2 Å². The van der Waals surface area contributed by atoms with Crippen LogP contribution < -0.4 is 0 Å². The van der Waals surface area contributed by atoms with Gasteiger partial charge in [-0.1, -0.05) is 20.3 Å². The zero-order valence-corrected chi connectivity index (χ0v) is 9.27. The second-order valence-electron chi connectivity index (χ2n) is 5.01. The molecule has 1 aliphatic rings. The number of hydrogen-bond acceptors (Lipinski definition) is 1. The molecule has 3 unspecified atom stereocenters. The van der Waals surface area contributed by atoms with Gasteiger partial charge in [0.2, 0.25) is 0 Å². The number of halogens is 3. The highest BCUT2D eigenvalue weighted by molar-refractivity contribution is 4.90. The molecule has 1 rings (SSSR count). The van der Waals surface area contributed by atoms with E-state index in [4.69, 9.17) is 0 Å². The third-order valence-corrected chi connectivity index (χ3v) is 3.55. The summed E-state index contributed by atoms with van der Waals surface area (Å²) in [5, 5.41) is 10.2.